The molecule has 1 N–H and O–H groups in total. The first-order valence-electron chi connectivity index (χ1n) is 9.22. The second-order valence-electron chi connectivity index (χ2n) is 6.78. The van der Waals surface area contributed by atoms with Gasteiger partial charge in [-0.1, -0.05) is 12.1 Å². The predicted molar refractivity (Wildman–Crippen MR) is 113 cm³/mol. The van der Waals surface area contributed by atoms with Crippen molar-refractivity contribution in [1.82, 2.24) is 4.57 Å². The average Bonchev–Trinajstić information content (AvgIpc) is 2.72. The van der Waals surface area contributed by atoms with Crippen LogP contribution in [-0.2, 0) is 6.54 Å². The number of aryl methyl sites for hydroxylation is 1. The number of nitrogens with zero attached hydrogens (tertiary/aromatic N) is 1. The fourth-order valence-corrected chi connectivity index (χ4v) is 3.06. The van der Waals surface area contributed by atoms with E-state index in [0.717, 1.165) is 16.7 Å². The number of pyridine rings is 1. The predicted octanol–water partition coefficient (Wildman–Crippen LogP) is 3.78. The molecule has 6 heteroatoms. The third-order valence-electron chi connectivity index (χ3n) is 4.88. The number of ether oxygens (including phenoxy) is 2. The molecule has 0 unspecified atom stereocenters. The first kappa shape index (κ1) is 20.2. The van der Waals surface area contributed by atoms with E-state index in [1.807, 2.05) is 44.2 Å². The molecule has 0 aliphatic carbocycles. The summed E-state index contributed by atoms with van der Waals surface area (Å²) in [4.78, 5) is 25.6. The van der Waals surface area contributed by atoms with Crippen molar-refractivity contribution in [2.24, 2.45) is 0 Å². The van der Waals surface area contributed by atoms with Crippen LogP contribution in [0.3, 0.4) is 0 Å². The quantitative estimate of drug-likeness (QED) is 0.693. The van der Waals surface area contributed by atoms with E-state index in [0.29, 0.717) is 17.2 Å². The van der Waals surface area contributed by atoms with E-state index < -0.39 is 5.91 Å². The highest BCUT2D eigenvalue weighted by atomic mass is 16.5. The molecule has 0 aliphatic rings. The van der Waals surface area contributed by atoms with Gasteiger partial charge in [-0.05, 0) is 60.9 Å². The standard InChI is InChI=1S/C23H24N2O4/c1-15-7-5-9-21(16(15)2)24-22(26)20-8-6-10-25(23(20)27)14-17-11-18(28-3)13-19(12-17)29-4/h5-13H,14H2,1-4H3,(H,24,26). The first-order chi connectivity index (χ1) is 13.9. The number of rotatable bonds is 6. The van der Waals surface area contributed by atoms with Gasteiger partial charge in [0.05, 0.1) is 20.8 Å². The van der Waals surface area contributed by atoms with E-state index in [1.54, 1.807) is 32.5 Å². The van der Waals surface area contributed by atoms with Crippen molar-refractivity contribution < 1.29 is 14.3 Å². The van der Waals surface area contributed by atoms with Crippen molar-refractivity contribution in [2.45, 2.75) is 20.4 Å². The number of nitrogens with one attached hydrogen (secondary N) is 1. The van der Waals surface area contributed by atoms with Crippen molar-refractivity contribution in [1.29, 1.82) is 0 Å². The number of aromatic nitrogens is 1. The molecule has 0 fully saturated rings. The Morgan fingerprint density at radius 1 is 1.00 bits per heavy atom. The largest absolute Gasteiger partial charge is 0.497 e. The Balaban J connectivity index is 1.89. The van der Waals surface area contributed by atoms with Crippen molar-refractivity contribution in [3.63, 3.8) is 0 Å². The van der Waals surface area contributed by atoms with Gasteiger partial charge in [-0.3, -0.25) is 9.59 Å². The third kappa shape index (κ3) is 4.48. The Morgan fingerprint density at radius 3 is 2.34 bits per heavy atom. The summed E-state index contributed by atoms with van der Waals surface area (Å²) in [5, 5.41) is 2.84. The lowest BCUT2D eigenvalue weighted by molar-refractivity contribution is 0.102. The van der Waals surface area contributed by atoms with Gasteiger partial charge in [0.1, 0.15) is 17.1 Å². The summed E-state index contributed by atoms with van der Waals surface area (Å²) in [5.41, 5.74) is 3.29. The first-order valence-corrected chi connectivity index (χ1v) is 9.22. The van der Waals surface area contributed by atoms with Crippen LogP contribution >= 0.6 is 0 Å². The molecule has 2 aromatic carbocycles. The molecule has 1 aromatic heterocycles. The number of carbonyl (C=O) groups excluding carboxylic acids is 1. The van der Waals surface area contributed by atoms with Gasteiger partial charge < -0.3 is 19.4 Å². The molecule has 3 rings (SSSR count). The Hall–Kier alpha value is -3.54. The van der Waals surface area contributed by atoms with Crippen LogP contribution in [-0.4, -0.2) is 24.7 Å². The highest BCUT2D eigenvalue weighted by molar-refractivity contribution is 6.04. The third-order valence-corrected chi connectivity index (χ3v) is 4.88. The molecular weight excluding hydrogens is 368 g/mol. The summed E-state index contributed by atoms with van der Waals surface area (Å²) in [6.07, 6.45) is 1.66. The van der Waals surface area contributed by atoms with E-state index in [1.165, 1.54) is 10.6 Å². The summed E-state index contributed by atoms with van der Waals surface area (Å²) in [7, 11) is 3.14. The van der Waals surface area contributed by atoms with Gasteiger partial charge in [0.25, 0.3) is 11.5 Å². The summed E-state index contributed by atoms with van der Waals surface area (Å²) in [5.74, 6) is 0.841. The lowest BCUT2D eigenvalue weighted by Crippen LogP contribution is -2.29. The van der Waals surface area contributed by atoms with Crippen LogP contribution < -0.4 is 20.3 Å². The number of methoxy groups -OCH3 is 2. The number of carbonyl (C=O) groups is 1. The second-order valence-corrected chi connectivity index (χ2v) is 6.78. The highest BCUT2D eigenvalue weighted by Crippen LogP contribution is 2.23. The highest BCUT2D eigenvalue weighted by Gasteiger charge is 2.14. The zero-order valence-corrected chi connectivity index (χ0v) is 17.0. The molecular formula is C23H24N2O4. The molecule has 0 saturated carbocycles. The van der Waals surface area contributed by atoms with Gasteiger partial charge in [-0.2, -0.15) is 0 Å². The van der Waals surface area contributed by atoms with Crippen molar-refractivity contribution >= 4 is 11.6 Å². The maximum absolute atomic E-state index is 12.9. The summed E-state index contributed by atoms with van der Waals surface area (Å²) in [6, 6.07) is 14.3. The number of benzene rings is 2. The van der Waals surface area contributed by atoms with Crippen LogP contribution in [0.5, 0.6) is 11.5 Å². The van der Waals surface area contributed by atoms with Gasteiger partial charge in [0.15, 0.2) is 0 Å². The molecule has 0 spiro atoms. The Morgan fingerprint density at radius 2 is 1.69 bits per heavy atom. The smallest absolute Gasteiger partial charge is 0.263 e. The van der Waals surface area contributed by atoms with E-state index >= 15 is 0 Å². The van der Waals surface area contributed by atoms with Gasteiger partial charge in [-0.25, -0.2) is 0 Å². The molecule has 0 saturated heterocycles. The molecule has 0 radical (unpaired) electrons. The van der Waals surface area contributed by atoms with Crippen LogP contribution in [0.1, 0.15) is 27.0 Å². The van der Waals surface area contributed by atoms with Crippen LogP contribution in [0.2, 0.25) is 0 Å². The van der Waals surface area contributed by atoms with Gasteiger partial charge >= 0.3 is 0 Å². The zero-order chi connectivity index (χ0) is 21.0. The van der Waals surface area contributed by atoms with Crippen LogP contribution in [0.15, 0.2) is 59.5 Å². The van der Waals surface area contributed by atoms with Crippen molar-refractivity contribution in [3.05, 3.63) is 87.3 Å². The SMILES string of the molecule is COc1cc(Cn2cccc(C(=O)Nc3cccc(C)c3C)c2=O)cc(OC)c1. The van der Waals surface area contributed by atoms with E-state index in [4.69, 9.17) is 9.47 Å². The molecule has 3 aromatic rings. The second kappa shape index (κ2) is 8.65. The van der Waals surface area contributed by atoms with Crippen molar-refractivity contribution in [2.75, 3.05) is 19.5 Å². The average molecular weight is 392 g/mol. The molecule has 150 valence electrons. The van der Waals surface area contributed by atoms with Gasteiger partial charge in [0, 0.05) is 18.0 Å². The minimum atomic E-state index is -0.429. The van der Waals surface area contributed by atoms with E-state index in [-0.39, 0.29) is 17.7 Å². The Kier molecular flexibility index (Phi) is 6.02. The summed E-state index contributed by atoms with van der Waals surface area (Å²) < 4.78 is 12.1. The maximum atomic E-state index is 12.9. The minimum absolute atomic E-state index is 0.0864. The fraction of sp³-hybridized carbons (Fsp3) is 0.217. The molecule has 6 nitrogen and oxygen atoms in total. The molecule has 29 heavy (non-hydrogen) atoms. The number of amides is 1. The zero-order valence-electron chi connectivity index (χ0n) is 17.0. The van der Waals surface area contributed by atoms with E-state index in [2.05, 4.69) is 5.32 Å². The topological polar surface area (TPSA) is 69.6 Å². The molecule has 1 amide bonds. The Bertz CT molecular complexity index is 1080. The van der Waals surface area contributed by atoms with Crippen molar-refractivity contribution in [3.8, 4) is 11.5 Å². The van der Waals surface area contributed by atoms with Crippen LogP contribution in [0, 0.1) is 13.8 Å². The number of hydrogen-bond donors (Lipinski definition) is 1. The van der Waals surface area contributed by atoms with Gasteiger partial charge in [0.2, 0.25) is 0 Å². The normalized spacial score (nSPS) is 10.5. The molecule has 1 heterocycles. The molecule has 0 bridgehead atoms. The summed E-state index contributed by atoms with van der Waals surface area (Å²) >= 11 is 0. The number of hydrogen-bond acceptors (Lipinski definition) is 4. The van der Waals surface area contributed by atoms with E-state index in [9.17, 15) is 9.59 Å². The van der Waals surface area contributed by atoms with Crippen LogP contribution in [0.4, 0.5) is 5.69 Å². The van der Waals surface area contributed by atoms with Gasteiger partial charge in [-0.15, -0.1) is 0 Å². The Labute approximate surface area is 169 Å². The number of anilines is 1. The molecule has 0 atom stereocenters. The van der Waals surface area contributed by atoms with Crippen LogP contribution in [0.25, 0.3) is 0 Å². The lowest BCUT2D eigenvalue weighted by Gasteiger charge is -2.12. The fourth-order valence-electron chi connectivity index (χ4n) is 3.06. The monoisotopic (exact) mass is 392 g/mol. The maximum Gasteiger partial charge on any atom is 0.263 e. The minimum Gasteiger partial charge on any atom is -0.497 e. The lowest BCUT2D eigenvalue weighted by atomic mass is 10.1. The summed E-state index contributed by atoms with van der Waals surface area (Å²) in [6.45, 7) is 4.20. The molecule has 0 aliphatic heterocycles.